The van der Waals surface area contributed by atoms with Crippen molar-refractivity contribution in [3.8, 4) is 0 Å². The predicted molar refractivity (Wildman–Crippen MR) is 73.6 cm³/mol. The summed E-state index contributed by atoms with van der Waals surface area (Å²) in [5.41, 5.74) is 6.98. The van der Waals surface area contributed by atoms with E-state index < -0.39 is 0 Å². The van der Waals surface area contributed by atoms with Crippen LogP contribution in [0.25, 0.3) is 0 Å². The predicted octanol–water partition coefficient (Wildman–Crippen LogP) is 1.70. The van der Waals surface area contributed by atoms with Gasteiger partial charge in [0.2, 0.25) is 5.89 Å². The van der Waals surface area contributed by atoms with Crippen molar-refractivity contribution in [1.29, 1.82) is 0 Å². The number of benzene rings is 1. The molecule has 1 aromatic carbocycles. The Morgan fingerprint density at radius 3 is 2.89 bits per heavy atom. The van der Waals surface area contributed by atoms with Crippen LogP contribution in [0.2, 0.25) is 0 Å². The van der Waals surface area contributed by atoms with Crippen LogP contribution >= 0.6 is 15.9 Å². The molecule has 0 spiro atoms. The first kappa shape index (κ1) is 13.5. The maximum Gasteiger partial charge on any atom is 0.312 e. The number of carbonyl (C=O) groups excluding carboxylic acids is 1. The molecule has 0 atom stereocenters. The molecular formula is C12H13BrN4O2. The van der Waals surface area contributed by atoms with Crippen LogP contribution in [-0.2, 0) is 6.42 Å². The zero-order valence-corrected chi connectivity index (χ0v) is 11.9. The molecule has 0 fully saturated rings. The third-order valence-corrected chi connectivity index (χ3v) is 3.40. The first-order valence-corrected chi connectivity index (χ1v) is 6.48. The van der Waals surface area contributed by atoms with Gasteiger partial charge in [-0.3, -0.25) is 4.79 Å². The first-order chi connectivity index (χ1) is 9.06. The molecule has 19 heavy (non-hydrogen) atoms. The van der Waals surface area contributed by atoms with Crippen molar-refractivity contribution in [3.05, 3.63) is 39.7 Å². The van der Waals surface area contributed by atoms with E-state index in [-0.39, 0.29) is 11.9 Å². The van der Waals surface area contributed by atoms with Crippen molar-refractivity contribution >= 4 is 27.9 Å². The monoisotopic (exact) mass is 324 g/mol. The Morgan fingerprint density at radius 1 is 1.47 bits per heavy atom. The lowest BCUT2D eigenvalue weighted by Gasteiger charge is -2.05. The molecule has 2 rings (SSSR count). The molecular weight excluding hydrogens is 312 g/mol. The average Bonchev–Trinajstić information content (AvgIpc) is 2.78. The zero-order chi connectivity index (χ0) is 13.8. The van der Waals surface area contributed by atoms with Gasteiger partial charge in [-0.15, -0.1) is 5.10 Å². The first-order valence-electron chi connectivity index (χ1n) is 5.68. The van der Waals surface area contributed by atoms with E-state index in [1.165, 1.54) is 0 Å². The van der Waals surface area contributed by atoms with E-state index in [4.69, 9.17) is 10.2 Å². The van der Waals surface area contributed by atoms with Gasteiger partial charge in [0, 0.05) is 23.0 Å². The number of hydrogen-bond acceptors (Lipinski definition) is 5. The zero-order valence-electron chi connectivity index (χ0n) is 10.3. The molecule has 1 aromatic heterocycles. The molecule has 7 heteroatoms. The number of anilines is 1. The minimum Gasteiger partial charge on any atom is -0.408 e. The minimum atomic E-state index is -0.145. The van der Waals surface area contributed by atoms with Gasteiger partial charge in [-0.25, -0.2) is 0 Å². The second-order valence-electron chi connectivity index (χ2n) is 4.00. The summed E-state index contributed by atoms with van der Waals surface area (Å²) in [4.78, 5) is 11.9. The van der Waals surface area contributed by atoms with Gasteiger partial charge in [0.15, 0.2) is 0 Å². The normalized spacial score (nSPS) is 10.4. The van der Waals surface area contributed by atoms with Crippen molar-refractivity contribution in [2.24, 2.45) is 0 Å². The number of amides is 1. The van der Waals surface area contributed by atoms with E-state index in [2.05, 4.69) is 31.4 Å². The van der Waals surface area contributed by atoms with Crippen LogP contribution in [0.15, 0.2) is 27.1 Å². The number of hydrogen-bond donors (Lipinski definition) is 2. The van der Waals surface area contributed by atoms with E-state index in [0.29, 0.717) is 24.4 Å². The largest absolute Gasteiger partial charge is 0.408 e. The molecule has 0 aliphatic heterocycles. The molecule has 0 unspecified atom stereocenters. The van der Waals surface area contributed by atoms with E-state index in [1.807, 2.05) is 13.0 Å². The Labute approximate surface area is 118 Å². The maximum absolute atomic E-state index is 11.9. The van der Waals surface area contributed by atoms with Crippen molar-refractivity contribution in [1.82, 2.24) is 15.5 Å². The molecule has 2 aromatic rings. The second-order valence-corrected chi connectivity index (χ2v) is 4.86. The fourth-order valence-electron chi connectivity index (χ4n) is 1.49. The molecule has 0 aliphatic carbocycles. The quantitative estimate of drug-likeness (QED) is 0.892. The molecule has 0 saturated carbocycles. The summed E-state index contributed by atoms with van der Waals surface area (Å²) in [5.74, 6) is 0.260. The lowest BCUT2D eigenvalue weighted by atomic mass is 10.1. The molecule has 0 saturated heterocycles. The summed E-state index contributed by atoms with van der Waals surface area (Å²) in [6.07, 6.45) is 0.447. The molecule has 0 aliphatic rings. The molecule has 0 radical (unpaired) electrons. The second kappa shape index (κ2) is 5.83. The number of aryl methyl sites for hydroxylation is 1. The molecule has 1 heterocycles. The fraction of sp³-hybridized carbons (Fsp3) is 0.250. The van der Waals surface area contributed by atoms with Gasteiger partial charge in [0.25, 0.3) is 5.91 Å². The topological polar surface area (TPSA) is 94.0 Å². The van der Waals surface area contributed by atoms with E-state index in [9.17, 15) is 4.79 Å². The summed E-state index contributed by atoms with van der Waals surface area (Å²) in [7, 11) is 0. The third kappa shape index (κ3) is 3.54. The number of aromatic nitrogens is 2. The SMILES string of the molecule is Cc1ccc(C(=O)NCCc2nnc(N)o2)cc1Br. The van der Waals surface area contributed by atoms with Gasteiger partial charge in [-0.2, -0.15) is 0 Å². The Kier molecular flexibility index (Phi) is 4.16. The smallest absolute Gasteiger partial charge is 0.312 e. The number of nitrogens with two attached hydrogens (primary N) is 1. The third-order valence-electron chi connectivity index (χ3n) is 2.54. The highest BCUT2D eigenvalue weighted by atomic mass is 79.9. The highest BCUT2D eigenvalue weighted by Gasteiger charge is 2.08. The number of nitrogen functional groups attached to an aromatic ring is 1. The van der Waals surface area contributed by atoms with Crippen LogP contribution in [-0.4, -0.2) is 22.6 Å². The van der Waals surface area contributed by atoms with Crippen LogP contribution in [0.1, 0.15) is 21.8 Å². The average molecular weight is 325 g/mol. The van der Waals surface area contributed by atoms with Crippen molar-refractivity contribution in [3.63, 3.8) is 0 Å². The molecule has 6 nitrogen and oxygen atoms in total. The Morgan fingerprint density at radius 2 is 2.26 bits per heavy atom. The summed E-state index contributed by atoms with van der Waals surface area (Å²) >= 11 is 3.39. The van der Waals surface area contributed by atoms with Gasteiger partial charge in [-0.1, -0.05) is 27.1 Å². The van der Waals surface area contributed by atoms with Gasteiger partial charge in [0.05, 0.1) is 0 Å². The van der Waals surface area contributed by atoms with Crippen LogP contribution in [0.5, 0.6) is 0 Å². The van der Waals surface area contributed by atoms with Crippen molar-refractivity contribution in [2.75, 3.05) is 12.3 Å². The lowest BCUT2D eigenvalue weighted by Crippen LogP contribution is -2.25. The van der Waals surface area contributed by atoms with Crippen LogP contribution in [0, 0.1) is 6.92 Å². The van der Waals surface area contributed by atoms with Gasteiger partial charge < -0.3 is 15.5 Å². The Hall–Kier alpha value is -1.89. The number of nitrogens with zero attached hydrogens (tertiary/aromatic N) is 2. The minimum absolute atomic E-state index is 0.0313. The number of nitrogens with one attached hydrogen (secondary N) is 1. The summed E-state index contributed by atoms with van der Waals surface area (Å²) in [5, 5.41) is 10.0. The fourth-order valence-corrected chi connectivity index (χ4v) is 1.87. The van der Waals surface area contributed by atoms with Crippen molar-refractivity contribution < 1.29 is 9.21 Å². The summed E-state index contributed by atoms with van der Waals surface area (Å²) in [6.45, 7) is 2.37. The standard InChI is InChI=1S/C12H13BrN4O2/c1-7-2-3-8(6-9(7)13)11(18)15-5-4-10-16-17-12(14)19-10/h2-3,6H,4-5H2,1H3,(H2,14,17)(H,15,18). The molecule has 3 N–H and O–H groups in total. The van der Waals surface area contributed by atoms with E-state index >= 15 is 0 Å². The van der Waals surface area contributed by atoms with Gasteiger partial charge in [0.1, 0.15) is 0 Å². The van der Waals surface area contributed by atoms with Gasteiger partial charge >= 0.3 is 6.01 Å². The lowest BCUT2D eigenvalue weighted by molar-refractivity contribution is 0.0953. The highest BCUT2D eigenvalue weighted by Crippen LogP contribution is 2.17. The highest BCUT2D eigenvalue weighted by molar-refractivity contribution is 9.10. The number of carbonyl (C=O) groups is 1. The molecule has 100 valence electrons. The Bertz CT molecular complexity index is 597. The van der Waals surface area contributed by atoms with Crippen LogP contribution in [0.4, 0.5) is 6.01 Å². The van der Waals surface area contributed by atoms with Crippen LogP contribution < -0.4 is 11.1 Å². The van der Waals surface area contributed by atoms with Gasteiger partial charge in [-0.05, 0) is 24.6 Å². The van der Waals surface area contributed by atoms with E-state index in [1.54, 1.807) is 12.1 Å². The number of rotatable bonds is 4. The summed E-state index contributed by atoms with van der Waals surface area (Å²) in [6, 6.07) is 5.48. The molecule has 0 bridgehead atoms. The van der Waals surface area contributed by atoms with Crippen molar-refractivity contribution in [2.45, 2.75) is 13.3 Å². The summed E-state index contributed by atoms with van der Waals surface area (Å²) < 4.78 is 5.91. The van der Waals surface area contributed by atoms with Crippen LogP contribution in [0.3, 0.4) is 0 Å². The number of halogens is 1. The van der Waals surface area contributed by atoms with E-state index in [0.717, 1.165) is 10.0 Å². The molecule has 1 amide bonds. The maximum atomic E-state index is 11.9. The Balaban J connectivity index is 1.89.